The van der Waals surface area contributed by atoms with Gasteiger partial charge in [-0.1, -0.05) is 19.9 Å². The van der Waals surface area contributed by atoms with Crippen LogP contribution in [0, 0.1) is 17.2 Å². The first-order chi connectivity index (χ1) is 9.34. The monoisotopic (exact) mass is 277 g/mol. The fraction of sp³-hybridized carbons (Fsp3) is 0.647. The molecule has 3 rings (SSSR count). The van der Waals surface area contributed by atoms with E-state index in [1.54, 1.807) is 6.07 Å². The smallest absolute Gasteiger partial charge is 0.123 e. The highest BCUT2D eigenvalue weighted by Gasteiger charge is 2.55. The highest BCUT2D eigenvalue weighted by molar-refractivity contribution is 5.41. The van der Waals surface area contributed by atoms with E-state index in [1.807, 2.05) is 6.07 Å². The second-order valence-electron chi connectivity index (χ2n) is 7.21. The maximum atomic E-state index is 13.7. The van der Waals surface area contributed by atoms with E-state index < -0.39 is 5.60 Å². The molecule has 2 nitrogen and oxygen atoms in total. The van der Waals surface area contributed by atoms with E-state index in [0.717, 1.165) is 43.5 Å². The largest absolute Gasteiger partial charge is 0.384 e. The minimum atomic E-state index is -0.897. The average Bonchev–Trinajstić information content (AvgIpc) is 2.59. The highest BCUT2D eigenvalue weighted by Crippen LogP contribution is 2.56. The van der Waals surface area contributed by atoms with Crippen LogP contribution in [0.15, 0.2) is 18.2 Å². The molecule has 1 unspecified atom stereocenters. The second-order valence-corrected chi connectivity index (χ2v) is 7.21. The van der Waals surface area contributed by atoms with Crippen molar-refractivity contribution in [1.29, 1.82) is 0 Å². The number of piperidine rings is 1. The summed E-state index contributed by atoms with van der Waals surface area (Å²) < 4.78 is 13.7. The molecule has 3 heteroatoms. The van der Waals surface area contributed by atoms with E-state index >= 15 is 0 Å². The first-order valence-corrected chi connectivity index (χ1v) is 7.54. The van der Waals surface area contributed by atoms with Crippen molar-refractivity contribution in [3.05, 3.63) is 35.1 Å². The van der Waals surface area contributed by atoms with E-state index in [4.69, 9.17) is 0 Å². The molecule has 1 saturated heterocycles. The number of aliphatic hydroxyl groups is 1. The lowest BCUT2D eigenvalue weighted by Gasteiger charge is -2.46. The summed E-state index contributed by atoms with van der Waals surface area (Å²) in [5.41, 5.74) is 0.810. The van der Waals surface area contributed by atoms with E-state index in [-0.39, 0.29) is 17.2 Å². The van der Waals surface area contributed by atoms with Crippen molar-refractivity contribution < 1.29 is 9.50 Å². The number of rotatable bonds is 1. The molecule has 1 aliphatic heterocycles. The van der Waals surface area contributed by atoms with Crippen molar-refractivity contribution in [2.75, 3.05) is 20.1 Å². The Labute approximate surface area is 120 Å². The molecule has 0 spiro atoms. The van der Waals surface area contributed by atoms with Crippen LogP contribution in [-0.2, 0) is 12.0 Å². The molecule has 1 aromatic carbocycles. The van der Waals surface area contributed by atoms with E-state index in [0.29, 0.717) is 0 Å². The first kappa shape index (κ1) is 14.0. The molecule has 0 radical (unpaired) electrons. The van der Waals surface area contributed by atoms with Crippen LogP contribution in [0.25, 0.3) is 0 Å². The van der Waals surface area contributed by atoms with Crippen LogP contribution in [-0.4, -0.2) is 30.1 Å². The Bertz CT molecular complexity index is 520. The average molecular weight is 277 g/mol. The van der Waals surface area contributed by atoms with Gasteiger partial charge in [0.2, 0.25) is 0 Å². The van der Waals surface area contributed by atoms with Crippen molar-refractivity contribution in [3.8, 4) is 0 Å². The van der Waals surface area contributed by atoms with Crippen LogP contribution in [0.2, 0.25) is 0 Å². The van der Waals surface area contributed by atoms with E-state index in [1.165, 1.54) is 6.07 Å². The van der Waals surface area contributed by atoms with E-state index in [9.17, 15) is 9.50 Å². The first-order valence-electron chi connectivity index (χ1n) is 7.54. The Morgan fingerprint density at radius 2 is 1.90 bits per heavy atom. The number of benzene rings is 1. The maximum absolute atomic E-state index is 13.7. The molecule has 0 aromatic heterocycles. The summed E-state index contributed by atoms with van der Waals surface area (Å²) in [4.78, 5) is 2.30. The molecule has 1 atom stereocenters. The number of hydrogen-bond acceptors (Lipinski definition) is 2. The zero-order chi connectivity index (χ0) is 14.5. The van der Waals surface area contributed by atoms with Gasteiger partial charge < -0.3 is 10.0 Å². The number of fused-ring (bicyclic) bond motifs is 1. The van der Waals surface area contributed by atoms with Gasteiger partial charge in [0, 0.05) is 5.41 Å². The zero-order valence-corrected chi connectivity index (χ0v) is 12.6. The molecule has 0 amide bonds. The Morgan fingerprint density at radius 1 is 1.25 bits per heavy atom. The third-order valence-electron chi connectivity index (χ3n) is 5.46. The fourth-order valence-corrected chi connectivity index (χ4v) is 4.23. The van der Waals surface area contributed by atoms with Gasteiger partial charge in [0.05, 0.1) is 5.60 Å². The van der Waals surface area contributed by atoms with Gasteiger partial charge >= 0.3 is 0 Å². The summed E-state index contributed by atoms with van der Waals surface area (Å²) in [6.07, 6.45) is 2.78. The topological polar surface area (TPSA) is 23.5 Å². The molecular formula is C17H24FNO. The minimum Gasteiger partial charge on any atom is -0.384 e. The molecule has 1 heterocycles. The van der Waals surface area contributed by atoms with Gasteiger partial charge in [-0.05, 0) is 68.6 Å². The predicted octanol–water partition coefficient (Wildman–Crippen LogP) is 2.94. The highest BCUT2D eigenvalue weighted by atomic mass is 19.1. The number of likely N-dealkylation sites (tertiary alicyclic amines) is 1. The molecule has 20 heavy (non-hydrogen) atoms. The number of nitrogens with zero attached hydrogens (tertiary/aromatic N) is 1. The van der Waals surface area contributed by atoms with Crippen LogP contribution in [0.4, 0.5) is 4.39 Å². The third kappa shape index (κ3) is 1.91. The van der Waals surface area contributed by atoms with Crippen LogP contribution in [0.3, 0.4) is 0 Å². The standard InChI is InChI=1S/C17H24FNO/c1-16(2)11-12-4-5-14(18)10-15(12)17(16,20)13-6-8-19(3)9-7-13/h4-5,10,13,20H,6-9,11H2,1-3H3. The van der Waals surface area contributed by atoms with Gasteiger partial charge in [0.15, 0.2) is 0 Å². The fourth-order valence-electron chi connectivity index (χ4n) is 4.23. The maximum Gasteiger partial charge on any atom is 0.123 e. The van der Waals surface area contributed by atoms with Gasteiger partial charge in [0.25, 0.3) is 0 Å². The van der Waals surface area contributed by atoms with Crippen molar-refractivity contribution in [2.24, 2.45) is 11.3 Å². The molecule has 110 valence electrons. The molecular weight excluding hydrogens is 253 g/mol. The van der Waals surface area contributed by atoms with Gasteiger partial charge in [-0.25, -0.2) is 4.39 Å². The predicted molar refractivity (Wildman–Crippen MR) is 78.0 cm³/mol. The normalized spacial score (nSPS) is 30.4. The summed E-state index contributed by atoms with van der Waals surface area (Å²) >= 11 is 0. The summed E-state index contributed by atoms with van der Waals surface area (Å²) in [7, 11) is 2.12. The summed E-state index contributed by atoms with van der Waals surface area (Å²) in [5.74, 6) is -0.0236. The van der Waals surface area contributed by atoms with Gasteiger partial charge in [-0.2, -0.15) is 0 Å². The summed E-state index contributed by atoms with van der Waals surface area (Å²) in [6, 6.07) is 4.91. The van der Waals surface area contributed by atoms with Gasteiger partial charge in [-0.3, -0.25) is 0 Å². The third-order valence-corrected chi connectivity index (χ3v) is 5.46. The summed E-state index contributed by atoms with van der Waals surface area (Å²) in [5, 5.41) is 11.5. The molecule has 1 aromatic rings. The van der Waals surface area contributed by atoms with Gasteiger partial charge in [0.1, 0.15) is 5.82 Å². The minimum absolute atomic E-state index is 0.219. The lowest BCUT2D eigenvalue weighted by atomic mass is 9.65. The molecule has 0 bridgehead atoms. The number of hydrogen-bond donors (Lipinski definition) is 1. The van der Waals surface area contributed by atoms with Gasteiger partial charge in [-0.15, -0.1) is 0 Å². The Morgan fingerprint density at radius 3 is 2.55 bits per heavy atom. The molecule has 1 aliphatic carbocycles. The molecule has 1 fully saturated rings. The Balaban J connectivity index is 2.04. The lowest BCUT2D eigenvalue weighted by molar-refractivity contribution is -0.121. The SMILES string of the molecule is CN1CCC(C2(O)c3cc(F)ccc3CC2(C)C)CC1. The van der Waals surface area contributed by atoms with Crippen LogP contribution >= 0.6 is 0 Å². The summed E-state index contributed by atoms with van der Waals surface area (Å²) in [6.45, 7) is 6.24. The molecule has 2 aliphatic rings. The second kappa shape index (κ2) is 4.54. The van der Waals surface area contributed by atoms with Crippen molar-refractivity contribution in [1.82, 2.24) is 4.90 Å². The lowest BCUT2D eigenvalue weighted by Crippen LogP contribution is -2.49. The molecule has 0 saturated carbocycles. The van der Waals surface area contributed by atoms with Crippen molar-refractivity contribution in [2.45, 2.75) is 38.7 Å². The zero-order valence-electron chi connectivity index (χ0n) is 12.6. The quantitative estimate of drug-likeness (QED) is 0.853. The number of halogens is 1. The van der Waals surface area contributed by atoms with Crippen LogP contribution < -0.4 is 0 Å². The Hall–Kier alpha value is -0.930. The Kier molecular flexibility index (Phi) is 3.18. The van der Waals surface area contributed by atoms with Crippen molar-refractivity contribution in [3.63, 3.8) is 0 Å². The molecule has 1 N–H and O–H groups in total. The van der Waals surface area contributed by atoms with E-state index in [2.05, 4.69) is 25.8 Å². The van der Waals surface area contributed by atoms with Crippen LogP contribution in [0.1, 0.15) is 37.8 Å². The van der Waals surface area contributed by atoms with Crippen LogP contribution in [0.5, 0.6) is 0 Å². The van der Waals surface area contributed by atoms with Crippen molar-refractivity contribution >= 4 is 0 Å².